The fraction of sp³-hybridized carbons (Fsp3) is 0.130. The third kappa shape index (κ3) is 4.15. The number of aryl methyl sites for hydroxylation is 1. The molecule has 0 radical (unpaired) electrons. The standard InChI is InChI=1S/C23H19BrN2O2/c1-2-15-8-11-21-20(12-15)26-22(28-21)13-16-6-9-19(10-7-16)25-23(27)17-4-3-5-18(24)14-17/h3-12,14H,2,13H2,1H3,(H,25,27). The first-order valence-electron chi connectivity index (χ1n) is 9.15. The predicted octanol–water partition coefficient (Wildman–Crippen LogP) is 6.00. The summed E-state index contributed by atoms with van der Waals surface area (Å²) in [5, 5.41) is 2.91. The molecular weight excluding hydrogens is 416 g/mol. The molecule has 1 heterocycles. The molecule has 0 bridgehead atoms. The molecule has 1 amide bonds. The minimum absolute atomic E-state index is 0.139. The van der Waals surface area contributed by atoms with Gasteiger partial charge in [0.15, 0.2) is 11.5 Å². The average Bonchev–Trinajstić information content (AvgIpc) is 3.10. The van der Waals surface area contributed by atoms with Crippen LogP contribution in [0.1, 0.15) is 34.3 Å². The van der Waals surface area contributed by atoms with E-state index in [2.05, 4.69) is 45.3 Å². The van der Waals surface area contributed by atoms with Crippen molar-refractivity contribution in [3.8, 4) is 0 Å². The normalized spacial score (nSPS) is 10.9. The fourth-order valence-corrected chi connectivity index (χ4v) is 3.43. The van der Waals surface area contributed by atoms with Crippen molar-refractivity contribution in [3.05, 3.63) is 93.8 Å². The van der Waals surface area contributed by atoms with Crippen molar-refractivity contribution in [2.24, 2.45) is 0 Å². The number of halogens is 1. The Morgan fingerprint density at radius 3 is 2.57 bits per heavy atom. The molecule has 0 saturated heterocycles. The Balaban J connectivity index is 1.45. The number of amides is 1. The number of aromatic nitrogens is 1. The average molecular weight is 435 g/mol. The van der Waals surface area contributed by atoms with Crippen molar-refractivity contribution in [3.63, 3.8) is 0 Å². The second-order valence-electron chi connectivity index (χ2n) is 6.60. The summed E-state index contributed by atoms with van der Waals surface area (Å²) in [5.74, 6) is 0.550. The number of carbonyl (C=O) groups excluding carboxylic acids is 1. The lowest BCUT2D eigenvalue weighted by atomic mass is 10.1. The van der Waals surface area contributed by atoms with E-state index in [9.17, 15) is 4.79 Å². The molecule has 28 heavy (non-hydrogen) atoms. The van der Waals surface area contributed by atoms with Crippen LogP contribution in [0.15, 0.2) is 75.6 Å². The van der Waals surface area contributed by atoms with Crippen LogP contribution in [0.5, 0.6) is 0 Å². The SMILES string of the molecule is CCc1ccc2oc(Cc3ccc(NC(=O)c4cccc(Br)c4)cc3)nc2c1. The zero-order valence-corrected chi connectivity index (χ0v) is 17.0. The predicted molar refractivity (Wildman–Crippen MR) is 115 cm³/mol. The molecule has 1 aromatic heterocycles. The van der Waals surface area contributed by atoms with Gasteiger partial charge in [0.25, 0.3) is 5.91 Å². The lowest BCUT2D eigenvalue weighted by Gasteiger charge is -2.06. The highest BCUT2D eigenvalue weighted by Crippen LogP contribution is 2.21. The summed E-state index contributed by atoms with van der Waals surface area (Å²) in [6, 6.07) is 21.2. The van der Waals surface area contributed by atoms with E-state index >= 15 is 0 Å². The second kappa shape index (κ2) is 7.98. The van der Waals surface area contributed by atoms with E-state index < -0.39 is 0 Å². The molecule has 4 aromatic rings. The number of benzene rings is 3. The van der Waals surface area contributed by atoms with E-state index in [1.54, 1.807) is 12.1 Å². The maximum absolute atomic E-state index is 12.3. The number of anilines is 1. The smallest absolute Gasteiger partial charge is 0.255 e. The van der Waals surface area contributed by atoms with Gasteiger partial charge in [-0.1, -0.05) is 47.1 Å². The first-order valence-corrected chi connectivity index (χ1v) is 9.94. The van der Waals surface area contributed by atoms with Crippen LogP contribution in [-0.2, 0) is 12.8 Å². The van der Waals surface area contributed by atoms with Gasteiger partial charge >= 0.3 is 0 Å². The second-order valence-corrected chi connectivity index (χ2v) is 7.52. The van der Waals surface area contributed by atoms with Gasteiger partial charge in [-0.05, 0) is 60.0 Å². The number of carbonyl (C=O) groups is 1. The summed E-state index contributed by atoms with van der Waals surface area (Å²) in [4.78, 5) is 16.9. The van der Waals surface area contributed by atoms with Crippen molar-refractivity contribution < 1.29 is 9.21 Å². The number of nitrogens with one attached hydrogen (secondary N) is 1. The maximum Gasteiger partial charge on any atom is 0.255 e. The first-order chi connectivity index (χ1) is 13.6. The Morgan fingerprint density at radius 2 is 1.82 bits per heavy atom. The molecule has 0 saturated carbocycles. The van der Waals surface area contributed by atoms with Gasteiger partial charge in [-0.3, -0.25) is 4.79 Å². The Labute approximate surface area is 171 Å². The van der Waals surface area contributed by atoms with Gasteiger partial charge in [0.05, 0.1) is 0 Å². The number of hydrogen-bond donors (Lipinski definition) is 1. The van der Waals surface area contributed by atoms with Crippen LogP contribution < -0.4 is 5.32 Å². The van der Waals surface area contributed by atoms with Gasteiger partial charge in [-0.2, -0.15) is 0 Å². The number of hydrogen-bond acceptors (Lipinski definition) is 3. The molecule has 0 aliphatic carbocycles. The number of rotatable bonds is 5. The third-order valence-electron chi connectivity index (χ3n) is 4.56. The van der Waals surface area contributed by atoms with E-state index in [1.807, 2.05) is 42.5 Å². The van der Waals surface area contributed by atoms with Crippen molar-refractivity contribution in [1.29, 1.82) is 0 Å². The molecule has 140 valence electrons. The number of nitrogens with zero attached hydrogens (tertiary/aromatic N) is 1. The van der Waals surface area contributed by atoms with Gasteiger partial charge in [-0.15, -0.1) is 0 Å². The molecule has 3 aromatic carbocycles. The number of fused-ring (bicyclic) bond motifs is 1. The molecule has 1 N–H and O–H groups in total. The van der Waals surface area contributed by atoms with Gasteiger partial charge in [0.1, 0.15) is 5.52 Å². The molecule has 0 unspecified atom stereocenters. The molecule has 4 nitrogen and oxygen atoms in total. The van der Waals surface area contributed by atoms with Crippen molar-refractivity contribution in [1.82, 2.24) is 4.98 Å². The largest absolute Gasteiger partial charge is 0.440 e. The summed E-state index contributed by atoms with van der Waals surface area (Å²) >= 11 is 3.38. The van der Waals surface area contributed by atoms with Crippen LogP contribution in [0.3, 0.4) is 0 Å². The van der Waals surface area contributed by atoms with E-state index in [0.717, 1.165) is 33.2 Å². The topological polar surface area (TPSA) is 55.1 Å². The van der Waals surface area contributed by atoms with Crippen LogP contribution in [0.2, 0.25) is 0 Å². The molecule has 0 atom stereocenters. The number of oxazole rings is 1. The lowest BCUT2D eigenvalue weighted by molar-refractivity contribution is 0.102. The van der Waals surface area contributed by atoms with E-state index in [1.165, 1.54) is 5.56 Å². The van der Waals surface area contributed by atoms with E-state index in [4.69, 9.17) is 4.42 Å². The highest BCUT2D eigenvalue weighted by Gasteiger charge is 2.09. The summed E-state index contributed by atoms with van der Waals surface area (Å²) in [6.07, 6.45) is 1.58. The van der Waals surface area contributed by atoms with Gasteiger partial charge < -0.3 is 9.73 Å². The van der Waals surface area contributed by atoms with Crippen LogP contribution in [0.4, 0.5) is 5.69 Å². The van der Waals surface area contributed by atoms with Crippen molar-refractivity contribution in [2.75, 3.05) is 5.32 Å². The zero-order chi connectivity index (χ0) is 19.5. The summed E-state index contributed by atoms with van der Waals surface area (Å²) in [6.45, 7) is 2.12. The molecule has 0 spiro atoms. The van der Waals surface area contributed by atoms with Crippen LogP contribution in [0.25, 0.3) is 11.1 Å². The summed E-state index contributed by atoms with van der Waals surface area (Å²) < 4.78 is 6.72. The Kier molecular flexibility index (Phi) is 5.26. The Morgan fingerprint density at radius 1 is 1.04 bits per heavy atom. The van der Waals surface area contributed by atoms with Gasteiger partial charge in [0, 0.05) is 22.1 Å². The van der Waals surface area contributed by atoms with Crippen molar-refractivity contribution >= 4 is 38.6 Å². The maximum atomic E-state index is 12.3. The summed E-state index contributed by atoms with van der Waals surface area (Å²) in [5.41, 5.74) is 5.38. The fourth-order valence-electron chi connectivity index (χ4n) is 3.03. The molecular formula is C23H19BrN2O2. The monoisotopic (exact) mass is 434 g/mol. The van der Waals surface area contributed by atoms with Crippen LogP contribution >= 0.6 is 15.9 Å². The van der Waals surface area contributed by atoms with Gasteiger partial charge in [-0.25, -0.2) is 4.98 Å². The van der Waals surface area contributed by atoms with E-state index in [-0.39, 0.29) is 5.91 Å². The van der Waals surface area contributed by atoms with E-state index in [0.29, 0.717) is 17.9 Å². The molecule has 0 aliphatic heterocycles. The minimum atomic E-state index is -0.139. The Bertz CT molecular complexity index is 1130. The lowest BCUT2D eigenvalue weighted by Crippen LogP contribution is -2.11. The molecule has 5 heteroatoms. The summed E-state index contributed by atoms with van der Waals surface area (Å²) in [7, 11) is 0. The quantitative estimate of drug-likeness (QED) is 0.419. The molecule has 0 aliphatic rings. The molecule has 4 rings (SSSR count). The van der Waals surface area contributed by atoms with Crippen molar-refractivity contribution in [2.45, 2.75) is 19.8 Å². The highest BCUT2D eigenvalue weighted by molar-refractivity contribution is 9.10. The Hall–Kier alpha value is -2.92. The zero-order valence-electron chi connectivity index (χ0n) is 15.4. The minimum Gasteiger partial charge on any atom is -0.440 e. The van der Waals surface area contributed by atoms with Gasteiger partial charge in [0.2, 0.25) is 0 Å². The third-order valence-corrected chi connectivity index (χ3v) is 5.05. The first kappa shape index (κ1) is 18.4. The molecule has 0 fully saturated rings. The van der Waals surface area contributed by atoms with Crippen LogP contribution in [-0.4, -0.2) is 10.9 Å². The van der Waals surface area contributed by atoms with Crippen LogP contribution in [0, 0.1) is 0 Å². The highest BCUT2D eigenvalue weighted by atomic mass is 79.9.